The van der Waals surface area contributed by atoms with Crippen LogP contribution >= 0.6 is 24.0 Å². The number of primary amides is 1. The van der Waals surface area contributed by atoms with Gasteiger partial charge in [-0.25, -0.2) is 9.59 Å². The summed E-state index contributed by atoms with van der Waals surface area (Å²) in [5, 5.41) is 26.7. The minimum absolute atomic E-state index is 0.0159. The zero-order valence-corrected chi connectivity index (χ0v) is 25.3. The first kappa shape index (κ1) is 31.0. The number of nitrogens with one attached hydrogen (secondary N) is 5. The van der Waals surface area contributed by atoms with Crippen LogP contribution in [-0.2, 0) is 14.4 Å². The highest BCUT2D eigenvalue weighted by Crippen LogP contribution is 2.41. The molecule has 0 saturated carbocycles. The molecule has 0 spiro atoms. The number of hydrogen-bond donors (Lipinski definition) is 7. The van der Waals surface area contributed by atoms with E-state index >= 15 is 0 Å². The number of nitrogens with zero attached hydrogens (tertiary/aromatic N) is 4. The maximum absolute atomic E-state index is 13.8. The molecular formula is C28H22N10O7S2. The summed E-state index contributed by atoms with van der Waals surface area (Å²) in [6, 6.07) is 5.57. The zero-order valence-electron chi connectivity index (χ0n) is 23.7. The van der Waals surface area contributed by atoms with E-state index in [0.29, 0.717) is 11.2 Å². The van der Waals surface area contributed by atoms with Gasteiger partial charge >= 0.3 is 12.0 Å². The molecule has 5 heterocycles. The molecule has 3 atom stereocenters. The predicted molar refractivity (Wildman–Crippen MR) is 170 cm³/mol. The highest BCUT2D eigenvalue weighted by molar-refractivity contribution is 8.00. The number of fused-ring (bicyclic) bond motifs is 2. The molecule has 0 aliphatic carbocycles. The fourth-order valence-electron chi connectivity index (χ4n) is 5.12. The van der Waals surface area contributed by atoms with Gasteiger partial charge in [0, 0.05) is 29.4 Å². The summed E-state index contributed by atoms with van der Waals surface area (Å²) in [6.07, 6.45) is 3.93. The standard InChI is InChI=1S/C28H22N10O7S2/c29-28(45)33-12-5-3-11(4-6-12)17(34-23(40)13-8-31-15-2-1-7-30-18(15)21(13)39)24(41)35-19-25(42)38-20(27(43)44)14(10-47-26(19)38)22(46)16-9-32-37-36-16/h1-9,17,19,26H,10H2,(H,31,39)(H,34,40)(H,35,41)(H,43,44)(H3,29,33,45)(H,32,36,37)/t17?,19?,26-/m0/s1. The van der Waals surface area contributed by atoms with Crippen molar-refractivity contribution in [1.29, 1.82) is 0 Å². The van der Waals surface area contributed by atoms with Crippen LogP contribution in [0.25, 0.3) is 11.0 Å². The number of benzene rings is 1. The molecule has 19 heteroatoms. The Morgan fingerprint density at radius 2 is 1.91 bits per heavy atom. The number of H-pyrrole nitrogens is 2. The van der Waals surface area contributed by atoms with Gasteiger partial charge in [-0.15, -0.1) is 11.8 Å². The largest absolute Gasteiger partial charge is 0.477 e. The van der Waals surface area contributed by atoms with Gasteiger partial charge in [-0.1, -0.05) is 24.4 Å². The van der Waals surface area contributed by atoms with Crippen molar-refractivity contribution >= 4 is 75.3 Å². The lowest BCUT2D eigenvalue weighted by molar-refractivity contribution is -0.150. The van der Waals surface area contributed by atoms with Crippen molar-refractivity contribution in [3.05, 3.63) is 93.3 Å². The average molecular weight is 675 g/mol. The number of aliphatic carboxylic acids is 1. The lowest BCUT2D eigenvalue weighted by Gasteiger charge is -2.49. The van der Waals surface area contributed by atoms with Crippen LogP contribution in [0.5, 0.6) is 0 Å². The molecule has 8 N–H and O–H groups in total. The number of aromatic amines is 2. The van der Waals surface area contributed by atoms with Gasteiger partial charge in [-0.05, 0) is 29.8 Å². The molecule has 1 aromatic carbocycles. The van der Waals surface area contributed by atoms with Gasteiger partial charge in [0.1, 0.15) is 39.9 Å². The van der Waals surface area contributed by atoms with Gasteiger partial charge in [-0.2, -0.15) is 15.4 Å². The molecule has 17 nitrogen and oxygen atoms in total. The molecule has 4 aromatic rings. The summed E-state index contributed by atoms with van der Waals surface area (Å²) < 4.78 is 0. The summed E-state index contributed by atoms with van der Waals surface area (Å²) in [4.78, 5) is 85.2. The first-order valence-electron chi connectivity index (χ1n) is 13.6. The second kappa shape index (κ2) is 12.4. The lowest BCUT2D eigenvalue weighted by Crippen LogP contribution is -2.71. The molecule has 2 unspecified atom stereocenters. The van der Waals surface area contributed by atoms with Crippen molar-refractivity contribution < 1.29 is 29.1 Å². The van der Waals surface area contributed by atoms with E-state index in [1.165, 1.54) is 54.6 Å². The second-order valence-electron chi connectivity index (χ2n) is 10.2. The summed E-state index contributed by atoms with van der Waals surface area (Å²) in [5.74, 6) is -3.74. The van der Waals surface area contributed by atoms with Crippen LogP contribution in [0.2, 0.25) is 0 Å². The number of amides is 5. The number of β-lactam (4-membered cyclic amide) rings is 1. The monoisotopic (exact) mass is 674 g/mol. The van der Waals surface area contributed by atoms with Gasteiger partial charge in [0.2, 0.25) is 11.3 Å². The molecule has 2 aliphatic heterocycles. The number of pyridine rings is 2. The Balaban J connectivity index is 1.27. The van der Waals surface area contributed by atoms with Crippen molar-refractivity contribution in [3.8, 4) is 0 Å². The van der Waals surface area contributed by atoms with Gasteiger partial charge in [-0.3, -0.25) is 29.1 Å². The number of carbonyl (C=O) groups is 5. The molecule has 1 fully saturated rings. The molecule has 0 bridgehead atoms. The van der Waals surface area contributed by atoms with E-state index in [2.05, 4.69) is 41.3 Å². The fraction of sp³-hybridized carbons (Fsp3) is 0.143. The van der Waals surface area contributed by atoms with Crippen molar-refractivity contribution in [2.24, 2.45) is 5.73 Å². The third kappa shape index (κ3) is 5.79. The van der Waals surface area contributed by atoms with Crippen molar-refractivity contribution in [1.82, 2.24) is 40.9 Å². The first-order valence-corrected chi connectivity index (χ1v) is 15.1. The molecule has 238 valence electrons. The predicted octanol–water partition coefficient (Wildman–Crippen LogP) is 0.160. The van der Waals surface area contributed by atoms with Crippen LogP contribution in [0.3, 0.4) is 0 Å². The Kier molecular flexibility index (Phi) is 8.22. The quantitative estimate of drug-likeness (QED) is 0.0712. The number of thioether (sulfide) groups is 1. The summed E-state index contributed by atoms with van der Waals surface area (Å²) in [6.45, 7) is 0. The van der Waals surface area contributed by atoms with Crippen molar-refractivity contribution in [3.63, 3.8) is 0 Å². The molecule has 2 aliphatic rings. The highest BCUT2D eigenvalue weighted by Gasteiger charge is 2.55. The van der Waals surface area contributed by atoms with Gasteiger partial charge in [0.25, 0.3) is 11.8 Å². The SMILES string of the molecule is NC(=O)Nc1ccc(C(NC(=O)c2c[nH]c3cccnc3c2=O)C(=O)NC2C(=O)N3C(C(=O)O)=C(C(=S)c4cn[nH]n4)CS[C@@H]23)cc1. The summed E-state index contributed by atoms with van der Waals surface area (Å²) in [7, 11) is 0. The molecule has 3 aromatic heterocycles. The number of anilines is 1. The van der Waals surface area contributed by atoms with E-state index in [1.807, 2.05) is 0 Å². The van der Waals surface area contributed by atoms with Crippen LogP contribution < -0.4 is 27.1 Å². The van der Waals surface area contributed by atoms with E-state index in [-0.39, 0.29) is 44.2 Å². The smallest absolute Gasteiger partial charge is 0.353 e. The zero-order chi connectivity index (χ0) is 33.4. The third-order valence-electron chi connectivity index (χ3n) is 7.32. The number of rotatable bonds is 9. The minimum atomic E-state index is -1.44. The van der Waals surface area contributed by atoms with E-state index in [9.17, 15) is 33.9 Å². The van der Waals surface area contributed by atoms with E-state index in [4.69, 9.17) is 18.0 Å². The Morgan fingerprint density at radius 3 is 2.60 bits per heavy atom. The molecule has 6 rings (SSSR count). The Labute approximate surface area is 272 Å². The van der Waals surface area contributed by atoms with Gasteiger partial charge < -0.3 is 31.8 Å². The molecule has 0 radical (unpaired) electrons. The number of hydrogen-bond acceptors (Lipinski definition) is 11. The van der Waals surface area contributed by atoms with Crippen LogP contribution in [0, 0.1) is 0 Å². The number of nitrogens with two attached hydrogens (primary N) is 1. The van der Waals surface area contributed by atoms with Crippen molar-refractivity contribution in [2.45, 2.75) is 17.5 Å². The van der Waals surface area contributed by atoms with E-state index < -0.39 is 52.6 Å². The fourth-order valence-corrected chi connectivity index (χ4v) is 6.83. The van der Waals surface area contributed by atoms with Crippen LogP contribution in [0.1, 0.15) is 27.7 Å². The Hall–Kier alpha value is -5.95. The number of aromatic nitrogens is 5. The van der Waals surface area contributed by atoms with Crippen LogP contribution in [0.15, 0.2) is 71.1 Å². The van der Waals surface area contributed by atoms with Crippen molar-refractivity contribution in [2.75, 3.05) is 11.1 Å². The Bertz CT molecular complexity index is 2060. The minimum Gasteiger partial charge on any atom is -0.477 e. The number of urea groups is 1. The molecule has 1 saturated heterocycles. The summed E-state index contributed by atoms with van der Waals surface area (Å²) in [5.41, 5.74) is 5.24. The lowest BCUT2D eigenvalue weighted by atomic mass is 9.99. The van der Waals surface area contributed by atoms with Crippen LogP contribution in [-0.4, -0.2) is 87.1 Å². The summed E-state index contributed by atoms with van der Waals surface area (Å²) >= 11 is 6.60. The number of carbonyl (C=O) groups excluding carboxylic acids is 4. The number of carboxylic acids is 1. The van der Waals surface area contributed by atoms with Gasteiger partial charge in [0.05, 0.1) is 16.6 Å². The maximum atomic E-state index is 13.8. The van der Waals surface area contributed by atoms with E-state index in [1.54, 1.807) is 12.1 Å². The molecule has 47 heavy (non-hydrogen) atoms. The Morgan fingerprint density at radius 1 is 1.15 bits per heavy atom. The average Bonchev–Trinajstić information content (AvgIpc) is 3.60. The van der Waals surface area contributed by atoms with E-state index in [0.717, 1.165) is 4.90 Å². The van der Waals surface area contributed by atoms with Gasteiger partial charge in [0.15, 0.2) is 0 Å². The first-order chi connectivity index (χ1) is 22.5. The normalized spacial score (nSPS) is 17.7. The second-order valence-corrected chi connectivity index (χ2v) is 11.7. The number of carboxylic acid groups (broad SMARTS) is 1. The molecule has 5 amide bonds. The highest BCUT2D eigenvalue weighted by atomic mass is 32.2. The number of thiocarbonyl (C=S) groups is 1. The maximum Gasteiger partial charge on any atom is 0.353 e. The van der Waals surface area contributed by atoms with Crippen LogP contribution in [0.4, 0.5) is 10.5 Å². The topological polar surface area (TPSA) is 258 Å². The third-order valence-corrected chi connectivity index (χ3v) is 9.06. The molecular weight excluding hydrogens is 653 g/mol.